The van der Waals surface area contributed by atoms with Gasteiger partial charge >= 0.3 is 0 Å². The van der Waals surface area contributed by atoms with E-state index in [2.05, 4.69) is 12.3 Å². The molecule has 0 saturated carbocycles. The van der Waals surface area contributed by atoms with E-state index < -0.39 is 0 Å². The fourth-order valence-corrected chi connectivity index (χ4v) is 2.19. The van der Waals surface area contributed by atoms with E-state index in [1.165, 1.54) is 25.7 Å². The standard InChI is InChI=1S/C15H26N2O2/c1-4-5-6-7-8-13(17-16)12-9-10-14(18-2)15(11-12)19-3/h9-11,13,17H,4-8,16H2,1-3H3. The molecule has 4 nitrogen and oxygen atoms in total. The molecular formula is C15H26N2O2. The third-order valence-electron chi connectivity index (χ3n) is 3.36. The lowest BCUT2D eigenvalue weighted by Gasteiger charge is -2.18. The van der Waals surface area contributed by atoms with Crippen molar-refractivity contribution in [2.75, 3.05) is 14.2 Å². The van der Waals surface area contributed by atoms with Gasteiger partial charge in [-0.25, -0.2) is 0 Å². The van der Waals surface area contributed by atoms with Crippen molar-refractivity contribution in [3.05, 3.63) is 23.8 Å². The molecule has 19 heavy (non-hydrogen) atoms. The minimum atomic E-state index is 0.164. The molecule has 1 aromatic rings. The average Bonchev–Trinajstić information content (AvgIpc) is 2.46. The number of nitrogens with two attached hydrogens (primary N) is 1. The number of hydrazine groups is 1. The summed E-state index contributed by atoms with van der Waals surface area (Å²) < 4.78 is 10.6. The van der Waals surface area contributed by atoms with Crippen LogP contribution >= 0.6 is 0 Å². The molecule has 1 atom stereocenters. The van der Waals surface area contributed by atoms with E-state index in [4.69, 9.17) is 15.3 Å². The Morgan fingerprint density at radius 2 is 1.84 bits per heavy atom. The molecule has 0 fully saturated rings. The van der Waals surface area contributed by atoms with Crippen LogP contribution in [0.2, 0.25) is 0 Å². The molecule has 1 aromatic carbocycles. The minimum absolute atomic E-state index is 0.164. The van der Waals surface area contributed by atoms with Crippen LogP contribution in [-0.4, -0.2) is 14.2 Å². The molecule has 0 aliphatic carbocycles. The van der Waals surface area contributed by atoms with E-state index >= 15 is 0 Å². The van der Waals surface area contributed by atoms with Crippen molar-refractivity contribution in [3.8, 4) is 11.5 Å². The molecule has 0 heterocycles. The largest absolute Gasteiger partial charge is 0.493 e. The highest BCUT2D eigenvalue weighted by Gasteiger charge is 2.12. The molecule has 0 aliphatic heterocycles. The van der Waals surface area contributed by atoms with Crippen molar-refractivity contribution in [2.24, 2.45) is 5.84 Å². The van der Waals surface area contributed by atoms with Gasteiger partial charge in [-0.3, -0.25) is 11.3 Å². The van der Waals surface area contributed by atoms with Crippen LogP contribution in [0.1, 0.15) is 50.6 Å². The van der Waals surface area contributed by atoms with Crippen molar-refractivity contribution < 1.29 is 9.47 Å². The molecule has 0 aromatic heterocycles. The van der Waals surface area contributed by atoms with Gasteiger partial charge in [-0.2, -0.15) is 0 Å². The van der Waals surface area contributed by atoms with Gasteiger partial charge in [0.25, 0.3) is 0 Å². The van der Waals surface area contributed by atoms with Crippen LogP contribution in [0.5, 0.6) is 11.5 Å². The Kier molecular flexibility index (Phi) is 7.30. The van der Waals surface area contributed by atoms with Gasteiger partial charge in [0.2, 0.25) is 0 Å². The summed E-state index contributed by atoms with van der Waals surface area (Å²) in [4.78, 5) is 0. The number of methoxy groups -OCH3 is 2. The lowest BCUT2D eigenvalue weighted by molar-refractivity contribution is 0.353. The van der Waals surface area contributed by atoms with Gasteiger partial charge in [0.05, 0.1) is 14.2 Å². The first kappa shape index (κ1) is 15.8. The minimum Gasteiger partial charge on any atom is -0.493 e. The molecule has 3 N–H and O–H groups in total. The molecule has 0 amide bonds. The molecule has 1 unspecified atom stereocenters. The lowest BCUT2D eigenvalue weighted by Crippen LogP contribution is -2.28. The third kappa shape index (κ3) is 4.73. The van der Waals surface area contributed by atoms with E-state index in [0.717, 1.165) is 23.5 Å². The van der Waals surface area contributed by atoms with Crippen LogP contribution < -0.4 is 20.7 Å². The maximum absolute atomic E-state index is 5.66. The van der Waals surface area contributed by atoms with Crippen LogP contribution in [0.4, 0.5) is 0 Å². The summed E-state index contributed by atoms with van der Waals surface area (Å²) in [5.41, 5.74) is 4.02. The molecular weight excluding hydrogens is 240 g/mol. The summed E-state index contributed by atoms with van der Waals surface area (Å²) in [5.74, 6) is 7.15. The summed E-state index contributed by atoms with van der Waals surface area (Å²) in [7, 11) is 3.29. The van der Waals surface area contributed by atoms with Crippen LogP contribution in [0.3, 0.4) is 0 Å². The normalized spacial score (nSPS) is 12.2. The second-order valence-electron chi connectivity index (χ2n) is 4.68. The van der Waals surface area contributed by atoms with Crippen molar-refractivity contribution in [3.63, 3.8) is 0 Å². The number of ether oxygens (including phenoxy) is 2. The van der Waals surface area contributed by atoms with Gasteiger partial charge < -0.3 is 9.47 Å². The van der Waals surface area contributed by atoms with Crippen LogP contribution in [0.15, 0.2) is 18.2 Å². The fraction of sp³-hybridized carbons (Fsp3) is 0.600. The molecule has 1 rings (SSSR count). The molecule has 0 bridgehead atoms. The van der Waals surface area contributed by atoms with E-state index in [9.17, 15) is 0 Å². The third-order valence-corrected chi connectivity index (χ3v) is 3.36. The summed E-state index contributed by atoms with van der Waals surface area (Å²) in [5, 5.41) is 0. The first-order valence-electron chi connectivity index (χ1n) is 6.94. The summed E-state index contributed by atoms with van der Waals surface area (Å²) in [6.45, 7) is 2.22. The Hall–Kier alpha value is -1.26. The van der Waals surface area contributed by atoms with Crippen LogP contribution in [-0.2, 0) is 0 Å². The Balaban J connectivity index is 2.69. The van der Waals surface area contributed by atoms with Crippen molar-refractivity contribution in [1.82, 2.24) is 5.43 Å². The SMILES string of the molecule is CCCCCCC(NN)c1ccc(OC)c(OC)c1. The number of benzene rings is 1. The molecule has 0 radical (unpaired) electrons. The van der Waals surface area contributed by atoms with Gasteiger partial charge in [0.1, 0.15) is 0 Å². The highest BCUT2D eigenvalue weighted by Crippen LogP contribution is 2.31. The average molecular weight is 266 g/mol. The van der Waals surface area contributed by atoms with Gasteiger partial charge in [0, 0.05) is 6.04 Å². The van der Waals surface area contributed by atoms with E-state index in [0.29, 0.717) is 0 Å². The molecule has 0 aliphatic rings. The van der Waals surface area contributed by atoms with E-state index in [1.807, 2.05) is 18.2 Å². The van der Waals surface area contributed by atoms with Crippen LogP contribution in [0.25, 0.3) is 0 Å². The van der Waals surface area contributed by atoms with Crippen molar-refractivity contribution in [2.45, 2.75) is 45.1 Å². The Labute approximate surface area is 116 Å². The zero-order valence-electron chi connectivity index (χ0n) is 12.2. The number of rotatable bonds is 9. The number of hydrogen-bond donors (Lipinski definition) is 2. The first-order valence-corrected chi connectivity index (χ1v) is 6.94. The second-order valence-corrected chi connectivity index (χ2v) is 4.68. The molecule has 0 spiro atoms. The maximum Gasteiger partial charge on any atom is 0.161 e. The van der Waals surface area contributed by atoms with E-state index in [1.54, 1.807) is 14.2 Å². The van der Waals surface area contributed by atoms with E-state index in [-0.39, 0.29) is 6.04 Å². The maximum atomic E-state index is 5.66. The van der Waals surface area contributed by atoms with Crippen molar-refractivity contribution >= 4 is 0 Å². The second kappa shape index (κ2) is 8.77. The lowest BCUT2D eigenvalue weighted by atomic mass is 10.00. The summed E-state index contributed by atoms with van der Waals surface area (Å²) in [6, 6.07) is 6.11. The zero-order valence-corrected chi connectivity index (χ0v) is 12.2. The number of hydrogen-bond acceptors (Lipinski definition) is 4. The predicted molar refractivity (Wildman–Crippen MR) is 78.4 cm³/mol. The Morgan fingerprint density at radius 3 is 2.42 bits per heavy atom. The number of unbranched alkanes of at least 4 members (excludes halogenated alkanes) is 3. The predicted octanol–water partition coefficient (Wildman–Crippen LogP) is 3.18. The quantitative estimate of drug-likeness (QED) is 0.409. The molecule has 108 valence electrons. The Morgan fingerprint density at radius 1 is 1.11 bits per heavy atom. The number of nitrogens with one attached hydrogen (secondary N) is 1. The van der Waals surface area contributed by atoms with Gasteiger partial charge in [-0.1, -0.05) is 38.7 Å². The first-order chi connectivity index (χ1) is 9.26. The molecule has 0 saturated heterocycles. The Bertz CT molecular complexity index is 369. The van der Waals surface area contributed by atoms with Crippen molar-refractivity contribution in [1.29, 1.82) is 0 Å². The van der Waals surface area contributed by atoms with Gasteiger partial charge in [0.15, 0.2) is 11.5 Å². The summed E-state index contributed by atoms with van der Waals surface area (Å²) >= 11 is 0. The van der Waals surface area contributed by atoms with Gasteiger partial charge in [-0.15, -0.1) is 0 Å². The zero-order chi connectivity index (χ0) is 14.1. The highest BCUT2D eigenvalue weighted by atomic mass is 16.5. The molecule has 4 heteroatoms. The fourth-order valence-electron chi connectivity index (χ4n) is 2.19. The highest BCUT2D eigenvalue weighted by molar-refractivity contribution is 5.43. The summed E-state index contributed by atoms with van der Waals surface area (Å²) in [6.07, 6.45) is 5.99. The topological polar surface area (TPSA) is 56.5 Å². The van der Waals surface area contributed by atoms with Crippen LogP contribution in [0, 0.1) is 0 Å². The van der Waals surface area contributed by atoms with Gasteiger partial charge in [-0.05, 0) is 24.1 Å². The monoisotopic (exact) mass is 266 g/mol. The smallest absolute Gasteiger partial charge is 0.161 e.